The molecule has 1 aliphatic carbocycles. The third-order valence-corrected chi connectivity index (χ3v) is 4.23. The predicted molar refractivity (Wildman–Crippen MR) is 78.8 cm³/mol. The van der Waals surface area contributed by atoms with Gasteiger partial charge < -0.3 is 10.6 Å². The molecule has 100 valence electrons. The second-order valence-electron chi connectivity index (χ2n) is 5.51. The van der Waals surface area contributed by atoms with Crippen LogP contribution in [0.15, 0.2) is 18.2 Å². The van der Waals surface area contributed by atoms with Crippen LogP contribution in [-0.4, -0.2) is 18.5 Å². The Hall–Kier alpha value is -0.730. The quantitative estimate of drug-likeness (QED) is 0.837. The monoisotopic (exact) mass is 266 g/mol. The van der Waals surface area contributed by atoms with Gasteiger partial charge in [0, 0.05) is 29.4 Å². The van der Waals surface area contributed by atoms with E-state index in [0.717, 1.165) is 35.3 Å². The summed E-state index contributed by atoms with van der Waals surface area (Å²) in [4.78, 5) is 2.35. The van der Waals surface area contributed by atoms with Gasteiger partial charge in [0.25, 0.3) is 0 Å². The third-order valence-electron chi connectivity index (χ3n) is 3.88. The summed E-state index contributed by atoms with van der Waals surface area (Å²) in [6.07, 6.45) is 6.96. The molecule has 0 spiro atoms. The molecule has 0 unspecified atom stereocenters. The molecule has 1 fully saturated rings. The first-order valence-corrected chi connectivity index (χ1v) is 7.26. The van der Waals surface area contributed by atoms with E-state index in [-0.39, 0.29) is 0 Å². The van der Waals surface area contributed by atoms with Gasteiger partial charge in [-0.15, -0.1) is 0 Å². The first kappa shape index (κ1) is 13.7. The van der Waals surface area contributed by atoms with Crippen molar-refractivity contribution in [3.05, 3.63) is 28.8 Å². The van der Waals surface area contributed by atoms with Gasteiger partial charge in [0.05, 0.1) is 0 Å². The lowest BCUT2D eigenvalue weighted by atomic mass is 9.89. The Morgan fingerprint density at radius 1 is 1.28 bits per heavy atom. The largest absolute Gasteiger partial charge is 0.398 e. The van der Waals surface area contributed by atoms with E-state index in [0.29, 0.717) is 0 Å². The molecule has 0 radical (unpaired) electrons. The maximum Gasteiger partial charge on any atom is 0.0471 e. The molecule has 3 heteroatoms. The molecule has 0 aromatic heterocycles. The lowest BCUT2D eigenvalue weighted by Gasteiger charge is -2.27. The van der Waals surface area contributed by atoms with Gasteiger partial charge in [-0.25, -0.2) is 0 Å². The standard InChI is InChI=1S/C15H23ClN2/c1-18(10-12-6-3-2-4-7-12)11-13-14(16)8-5-9-15(13)17/h5,8-9,12H,2-4,6-7,10-11,17H2,1H3. The second kappa shape index (κ2) is 6.44. The lowest BCUT2D eigenvalue weighted by Crippen LogP contribution is -2.27. The fraction of sp³-hybridized carbons (Fsp3) is 0.600. The Balaban J connectivity index is 1.92. The molecule has 2 nitrogen and oxygen atoms in total. The molecule has 1 saturated carbocycles. The molecule has 0 atom stereocenters. The van der Waals surface area contributed by atoms with Crippen LogP contribution >= 0.6 is 11.6 Å². The summed E-state index contributed by atoms with van der Waals surface area (Å²) in [5, 5.41) is 0.783. The Kier molecular flexibility index (Phi) is 4.90. The van der Waals surface area contributed by atoms with Crippen molar-refractivity contribution >= 4 is 17.3 Å². The zero-order chi connectivity index (χ0) is 13.0. The van der Waals surface area contributed by atoms with Crippen LogP contribution in [0.5, 0.6) is 0 Å². The number of benzene rings is 1. The molecule has 18 heavy (non-hydrogen) atoms. The Morgan fingerprint density at radius 3 is 2.67 bits per heavy atom. The van der Waals surface area contributed by atoms with Crippen LogP contribution in [0, 0.1) is 5.92 Å². The zero-order valence-electron chi connectivity index (χ0n) is 11.2. The number of nitrogen functional groups attached to an aromatic ring is 1. The van der Waals surface area contributed by atoms with Crippen molar-refractivity contribution in [3.63, 3.8) is 0 Å². The number of anilines is 1. The average molecular weight is 267 g/mol. The number of hydrogen-bond acceptors (Lipinski definition) is 2. The summed E-state index contributed by atoms with van der Waals surface area (Å²) in [5.41, 5.74) is 7.86. The van der Waals surface area contributed by atoms with E-state index in [4.69, 9.17) is 17.3 Å². The fourth-order valence-electron chi connectivity index (χ4n) is 2.89. The molecule has 0 amide bonds. The number of hydrogen-bond donors (Lipinski definition) is 1. The predicted octanol–water partition coefficient (Wildman–Crippen LogP) is 3.93. The van der Waals surface area contributed by atoms with E-state index in [9.17, 15) is 0 Å². The Morgan fingerprint density at radius 2 is 2.00 bits per heavy atom. The third kappa shape index (κ3) is 3.63. The molecule has 0 bridgehead atoms. The number of halogens is 1. The van der Waals surface area contributed by atoms with E-state index in [2.05, 4.69) is 11.9 Å². The van der Waals surface area contributed by atoms with Gasteiger partial charge in [-0.3, -0.25) is 0 Å². The van der Waals surface area contributed by atoms with E-state index in [1.165, 1.54) is 32.1 Å². The van der Waals surface area contributed by atoms with E-state index < -0.39 is 0 Å². The molecule has 0 aliphatic heterocycles. The SMILES string of the molecule is CN(Cc1c(N)cccc1Cl)CC1CCCCC1. The first-order chi connectivity index (χ1) is 8.66. The van der Waals surface area contributed by atoms with Gasteiger partial charge >= 0.3 is 0 Å². The highest BCUT2D eigenvalue weighted by molar-refractivity contribution is 6.31. The molecular weight excluding hydrogens is 244 g/mol. The number of nitrogens with zero attached hydrogens (tertiary/aromatic N) is 1. The smallest absolute Gasteiger partial charge is 0.0471 e. The Bertz CT molecular complexity index is 366. The van der Waals surface area contributed by atoms with Crippen LogP contribution in [-0.2, 0) is 6.54 Å². The minimum absolute atomic E-state index is 0.783. The number of nitrogens with two attached hydrogens (primary N) is 1. The van der Waals surface area contributed by atoms with Crippen LogP contribution in [0.25, 0.3) is 0 Å². The van der Waals surface area contributed by atoms with E-state index >= 15 is 0 Å². The van der Waals surface area contributed by atoms with Crippen molar-refractivity contribution in [3.8, 4) is 0 Å². The first-order valence-electron chi connectivity index (χ1n) is 6.88. The highest BCUT2D eigenvalue weighted by Gasteiger charge is 2.16. The minimum Gasteiger partial charge on any atom is -0.398 e. The number of rotatable bonds is 4. The summed E-state index contributed by atoms with van der Waals surface area (Å²) in [7, 11) is 2.16. The van der Waals surface area contributed by atoms with Crippen LogP contribution in [0.2, 0.25) is 5.02 Å². The van der Waals surface area contributed by atoms with Crippen molar-refractivity contribution in [1.29, 1.82) is 0 Å². The average Bonchev–Trinajstić information content (AvgIpc) is 2.35. The van der Waals surface area contributed by atoms with Crippen molar-refractivity contribution in [2.24, 2.45) is 5.92 Å². The van der Waals surface area contributed by atoms with Crippen LogP contribution in [0.4, 0.5) is 5.69 Å². The van der Waals surface area contributed by atoms with Crippen molar-refractivity contribution < 1.29 is 0 Å². The topological polar surface area (TPSA) is 29.3 Å². The Labute approximate surface area is 115 Å². The van der Waals surface area contributed by atoms with Gasteiger partial charge in [0.1, 0.15) is 0 Å². The summed E-state index contributed by atoms with van der Waals surface area (Å²) < 4.78 is 0. The van der Waals surface area contributed by atoms with Gasteiger partial charge in [0.15, 0.2) is 0 Å². The molecule has 1 aliphatic rings. The van der Waals surface area contributed by atoms with Crippen molar-refractivity contribution in [2.45, 2.75) is 38.6 Å². The highest BCUT2D eigenvalue weighted by atomic mass is 35.5. The van der Waals surface area contributed by atoms with Gasteiger partial charge in [0.2, 0.25) is 0 Å². The maximum atomic E-state index is 6.21. The fourth-order valence-corrected chi connectivity index (χ4v) is 3.13. The van der Waals surface area contributed by atoms with Crippen molar-refractivity contribution in [1.82, 2.24) is 4.90 Å². The minimum atomic E-state index is 0.783. The van der Waals surface area contributed by atoms with Crippen LogP contribution in [0.1, 0.15) is 37.7 Å². The summed E-state index contributed by atoms with van der Waals surface area (Å²) in [6, 6.07) is 5.75. The molecule has 2 rings (SSSR count). The summed E-state index contributed by atoms with van der Waals surface area (Å²) in [5.74, 6) is 0.854. The zero-order valence-corrected chi connectivity index (χ0v) is 11.9. The van der Waals surface area contributed by atoms with Crippen LogP contribution < -0.4 is 5.73 Å². The second-order valence-corrected chi connectivity index (χ2v) is 5.92. The molecule has 2 N–H and O–H groups in total. The molecular formula is C15H23ClN2. The molecule has 0 heterocycles. The van der Waals surface area contributed by atoms with E-state index in [1.54, 1.807) is 0 Å². The maximum absolute atomic E-state index is 6.21. The summed E-state index contributed by atoms with van der Waals surface area (Å²) in [6.45, 7) is 2.01. The summed E-state index contributed by atoms with van der Waals surface area (Å²) >= 11 is 6.21. The normalized spacial score (nSPS) is 17.3. The van der Waals surface area contributed by atoms with Crippen molar-refractivity contribution in [2.75, 3.05) is 19.3 Å². The highest BCUT2D eigenvalue weighted by Crippen LogP contribution is 2.26. The van der Waals surface area contributed by atoms with Gasteiger partial charge in [-0.05, 0) is 37.9 Å². The lowest BCUT2D eigenvalue weighted by molar-refractivity contribution is 0.228. The van der Waals surface area contributed by atoms with Crippen LogP contribution in [0.3, 0.4) is 0 Å². The van der Waals surface area contributed by atoms with Gasteiger partial charge in [-0.1, -0.05) is 36.9 Å². The molecule has 1 aromatic carbocycles. The molecule has 0 saturated heterocycles. The molecule has 1 aromatic rings. The van der Waals surface area contributed by atoms with E-state index in [1.807, 2.05) is 18.2 Å². The van der Waals surface area contributed by atoms with Gasteiger partial charge in [-0.2, -0.15) is 0 Å².